The number of hydrogen-bond acceptors (Lipinski definition) is 10. The summed E-state index contributed by atoms with van der Waals surface area (Å²) in [7, 11) is 5.90. The fourth-order valence-electron chi connectivity index (χ4n) is 0.833. The summed E-state index contributed by atoms with van der Waals surface area (Å²) in [6, 6.07) is -2.19. The third kappa shape index (κ3) is 87.2. The molecule has 0 aromatic rings. The van der Waals surface area contributed by atoms with E-state index in [2.05, 4.69) is 58.9 Å². The van der Waals surface area contributed by atoms with Gasteiger partial charge in [-0.1, -0.05) is 39.3 Å². The lowest BCUT2D eigenvalue weighted by Gasteiger charge is -2.19. The van der Waals surface area contributed by atoms with Gasteiger partial charge in [0.05, 0.1) is 0 Å². The molecule has 0 fully saturated rings. The van der Waals surface area contributed by atoms with E-state index in [1.165, 1.54) is 28.4 Å². The molecule has 0 N–H and O–H groups in total. The monoisotopic (exact) mass is 876 g/mol. The van der Waals surface area contributed by atoms with Crippen molar-refractivity contribution in [2.75, 3.05) is 71.1 Å². The highest BCUT2D eigenvalue weighted by molar-refractivity contribution is 7.64. The van der Waals surface area contributed by atoms with Crippen LogP contribution in [0.15, 0.2) is 0 Å². The molecule has 0 atom stereocenters. The van der Waals surface area contributed by atoms with E-state index < -0.39 is 55.5 Å². The number of rotatable bonds is 10. The fourth-order valence-corrected chi connectivity index (χ4v) is 2.50. The zero-order chi connectivity index (χ0) is 38.6. The average molecular weight is 880 g/mol. The molecule has 0 saturated carbocycles. The molecule has 0 unspecified atom stereocenters. The molecule has 0 rings (SSSR count). The second-order valence-corrected chi connectivity index (χ2v) is 50.8. The summed E-state index contributed by atoms with van der Waals surface area (Å²) in [5.41, 5.74) is 0. The van der Waals surface area contributed by atoms with Crippen molar-refractivity contribution in [3.05, 3.63) is 0 Å². The standard InChI is InChI=1S/C4H12O4Si.C4H12O3Si.C4H12O2Si.C4H12OSi.2C3H9ClSi.CH3Cl3Si/c1-5-9(6-2,7-3)8-4;1-5-8(4,6-2)7-3;1-5-7(3,4)6-2;1-5-6(2,3)4;3*1-5(2,3)4/h1-4H3;1-4H3;1-4H3;1-4H3;2*1-3H3;1H3. The van der Waals surface area contributed by atoms with Gasteiger partial charge in [-0.05, 0) is 39.3 Å². The molecule has 0 aromatic carbocycles. The van der Waals surface area contributed by atoms with Crippen molar-refractivity contribution in [3.63, 3.8) is 0 Å². The summed E-state index contributed by atoms with van der Waals surface area (Å²) in [5.74, 6) is 0. The van der Waals surface area contributed by atoms with Crippen LogP contribution < -0.4 is 0 Å². The van der Waals surface area contributed by atoms with Gasteiger partial charge in [0.2, 0.25) is 0 Å². The van der Waals surface area contributed by atoms with Crippen molar-refractivity contribution in [1.82, 2.24) is 0 Å². The van der Waals surface area contributed by atoms with Gasteiger partial charge >= 0.3 is 32.4 Å². The Hall–Kier alpha value is 2.57. The molecule has 0 aliphatic heterocycles. The SMILES string of the molecule is CO[Si](C)(C)C.CO[Si](C)(C)OC.CO[Si](C)(OC)OC.CO[Si](OC)(OC)OC.C[Si](C)(C)Cl.C[Si](C)(C)Cl.C[Si](Cl)(Cl)Cl. The van der Waals surface area contributed by atoms with Crippen LogP contribution in [-0.4, -0.2) is 127 Å². The molecule has 0 bridgehead atoms. The highest BCUT2D eigenvalue weighted by atomic mass is 35.8. The van der Waals surface area contributed by atoms with Gasteiger partial charge in [0.1, 0.15) is 14.8 Å². The lowest BCUT2D eigenvalue weighted by atomic mass is 11.8. The molecule has 22 heteroatoms. The van der Waals surface area contributed by atoms with Crippen LogP contribution in [0.5, 0.6) is 0 Å². The van der Waals surface area contributed by atoms with Crippen molar-refractivity contribution in [2.24, 2.45) is 0 Å². The molecule has 10 nitrogen and oxygen atoms in total. The highest BCUT2D eigenvalue weighted by Gasteiger charge is 2.40. The van der Waals surface area contributed by atoms with Crippen LogP contribution in [0.25, 0.3) is 0 Å². The largest absolute Gasteiger partial charge is 0.678 e. The smallest absolute Gasteiger partial charge is 0.421 e. The van der Waals surface area contributed by atoms with E-state index in [1.807, 2.05) is 19.6 Å². The Balaban J connectivity index is -0.0000000758. The average Bonchev–Trinajstić information content (AvgIpc) is 2.88. The Kier molecular flexibility index (Phi) is 45.2. The maximum atomic E-state index is 5.67. The van der Waals surface area contributed by atoms with Gasteiger partial charge < -0.3 is 44.3 Å². The molecule has 0 aromatic heterocycles. The predicted octanol–water partition coefficient (Wildman–Crippen LogP) is 9.34. The lowest BCUT2D eigenvalue weighted by molar-refractivity contribution is 0.0226. The fraction of sp³-hybridized carbons (Fsp3) is 1.00. The summed E-state index contributed by atoms with van der Waals surface area (Å²) in [4.78, 5) is 0. The highest BCUT2D eigenvalue weighted by Crippen LogP contribution is 2.17. The van der Waals surface area contributed by atoms with Crippen molar-refractivity contribution in [1.29, 1.82) is 0 Å². The molecular weight excluding hydrogens is 810 g/mol. The molecule has 0 heterocycles. The van der Waals surface area contributed by atoms with Gasteiger partial charge in [0, 0.05) is 77.6 Å². The third-order valence-electron chi connectivity index (χ3n) is 3.71. The second-order valence-electron chi connectivity index (χ2n) is 11.8. The molecule has 0 aliphatic rings. The Morgan fingerprint density at radius 1 is 0.311 bits per heavy atom. The minimum Gasteiger partial charge on any atom is -0.421 e. The van der Waals surface area contributed by atoms with Crippen molar-refractivity contribution < 1.29 is 44.3 Å². The first-order valence-electron chi connectivity index (χ1n) is 13.6. The topological polar surface area (TPSA) is 92.3 Å². The van der Waals surface area contributed by atoms with Crippen molar-refractivity contribution in [3.8, 4) is 0 Å². The first-order chi connectivity index (χ1) is 19.6. The summed E-state index contributed by atoms with van der Waals surface area (Å²) in [6.45, 7) is 26.5. The van der Waals surface area contributed by atoms with Crippen molar-refractivity contribution >= 4 is 111 Å². The maximum Gasteiger partial charge on any atom is 0.678 e. The Morgan fingerprint density at radius 2 is 0.467 bits per heavy atom. The molecule has 45 heavy (non-hydrogen) atoms. The van der Waals surface area contributed by atoms with Crippen LogP contribution in [0.3, 0.4) is 0 Å². The van der Waals surface area contributed by atoms with E-state index in [-0.39, 0.29) is 0 Å². The predicted molar refractivity (Wildman–Crippen MR) is 216 cm³/mol. The van der Waals surface area contributed by atoms with Gasteiger partial charge in [-0.3, -0.25) is 0 Å². The van der Waals surface area contributed by atoms with E-state index in [4.69, 9.17) is 99.7 Å². The van der Waals surface area contributed by atoms with Gasteiger partial charge in [-0.15, -0.1) is 33.2 Å². The van der Waals surface area contributed by atoms with Gasteiger partial charge in [0.15, 0.2) is 8.32 Å². The maximum absolute atomic E-state index is 5.67. The minimum atomic E-state index is -2.69. The molecule has 0 amide bonds. The zero-order valence-electron chi connectivity index (χ0n) is 32.5. The van der Waals surface area contributed by atoms with E-state index in [0.29, 0.717) is 0 Å². The van der Waals surface area contributed by atoms with E-state index in [9.17, 15) is 0 Å². The Bertz CT molecular complexity index is 539. The molecule has 0 radical (unpaired) electrons. The molecule has 0 saturated heterocycles. The summed E-state index contributed by atoms with van der Waals surface area (Å²) in [6.07, 6.45) is 0. The van der Waals surface area contributed by atoms with E-state index >= 15 is 0 Å². The normalized spacial score (nSPS) is 12.0. The van der Waals surface area contributed by atoms with Gasteiger partial charge in [-0.2, -0.15) is 22.2 Å². The van der Waals surface area contributed by atoms with Crippen LogP contribution in [0.2, 0.25) is 85.1 Å². The summed E-state index contributed by atoms with van der Waals surface area (Å²) in [5, 5.41) is 0. The summed E-state index contributed by atoms with van der Waals surface area (Å²) >= 11 is 26.9. The first kappa shape index (κ1) is 62.7. The lowest BCUT2D eigenvalue weighted by Crippen LogP contribution is -2.45. The van der Waals surface area contributed by atoms with E-state index in [0.717, 1.165) is 0 Å². The Labute approximate surface area is 309 Å². The number of halogens is 5. The van der Waals surface area contributed by atoms with Crippen LogP contribution in [-0.2, 0) is 44.3 Å². The minimum absolute atomic E-state index is 1.13. The number of hydrogen-bond donors (Lipinski definition) is 0. The second kappa shape index (κ2) is 32.5. The van der Waals surface area contributed by atoms with Crippen LogP contribution in [0.1, 0.15) is 0 Å². The van der Waals surface area contributed by atoms with Crippen molar-refractivity contribution in [2.45, 2.75) is 85.1 Å². The first-order valence-corrected chi connectivity index (χ1v) is 38.2. The molecule has 0 spiro atoms. The zero-order valence-corrected chi connectivity index (χ0v) is 43.3. The molecule has 0 aliphatic carbocycles. The molecule has 284 valence electrons. The third-order valence-corrected chi connectivity index (χ3v) is 11.1. The van der Waals surface area contributed by atoms with Crippen LogP contribution in [0, 0.1) is 0 Å². The van der Waals surface area contributed by atoms with Gasteiger partial charge in [0.25, 0.3) is 0 Å². The summed E-state index contributed by atoms with van der Waals surface area (Å²) < 4.78 is 49.3. The quantitative estimate of drug-likeness (QED) is 0.156. The van der Waals surface area contributed by atoms with Gasteiger partial charge in [-0.25, -0.2) is 0 Å². The van der Waals surface area contributed by atoms with Crippen LogP contribution >= 0.6 is 55.4 Å². The van der Waals surface area contributed by atoms with E-state index in [1.54, 1.807) is 49.2 Å². The molecular formula is C23H69Cl5O10Si7. The Morgan fingerprint density at radius 3 is 0.467 bits per heavy atom. The van der Waals surface area contributed by atoms with Crippen LogP contribution in [0.4, 0.5) is 0 Å².